The van der Waals surface area contributed by atoms with Crippen LogP contribution in [0.2, 0.25) is 0 Å². The molecule has 2 aromatic heterocycles. The van der Waals surface area contributed by atoms with Crippen molar-refractivity contribution in [1.29, 1.82) is 0 Å². The third-order valence-corrected chi connectivity index (χ3v) is 13.6. The maximum absolute atomic E-state index is 2.56. The Morgan fingerprint density at radius 2 is 0.895 bits per heavy atom. The topological polar surface area (TPSA) is 9.86 Å². The number of nitrogens with zero attached hydrogens (tertiary/aromatic N) is 2. The molecule has 0 amide bonds. The zero-order valence-electron chi connectivity index (χ0n) is 32.8. The van der Waals surface area contributed by atoms with E-state index >= 15 is 0 Å². The summed E-state index contributed by atoms with van der Waals surface area (Å²) in [5, 5.41) is 5.17. The summed E-state index contributed by atoms with van der Waals surface area (Å²) in [6.07, 6.45) is 8.11. The summed E-state index contributed by atoms with van der Waals surface area (Å²) in [5.74, 6) is 0. The normalized spacial score (nSPS) is 16.2. The van der Waals surface area contributed by atoms with Crippen LogP contribution in [0.5, 0.6) is 0 Å². The first kappa shape index (κ1) is 32.6. The van der Waals surface area contributed by atoms with Crippen LogP contribution >= 0.6 is 0 Å². The van der Waals surface area contributed by atoms with Crippen LogP contribution in [0.4, 0.5) is 0 Å². The molecule has 2 heteroatoms. The van der Waals surface area contributed by atoms with Crippen LogP contribution in [0.15, 0.2) is 170 Å². The minimum atomic E-state index is -0.0758. The molecule has 9 aromatic rings. The monoisotopic (exact) mass is 730 g/mol. The molecule has 12 rings (SSSR count). The van der Waals surface area contributed by atoms with Gasteiger partial charge in [-0.3, -0.25) is 0 Å². The van der Waals surface area contributed by atoms with Crippen molar-refractivity contribution in [2.24, 2.45) is 0 Å². The van der Waals surface area contributed by atoms with Gasteiger partial charge in [0.2, 0.25) is 0 Å². The van der Waals surface area contributed by atoms with Crippen LogP contribution in [-0.4, -0.2) is 9.13 Å². The van der Waals surface area contributed by atoms with Crippen molar-refractivity contribution < 1.29 is 0 Å². The Hall–Kier alpha value is -6.64. The molecule has 57 heavy (non-hydrogen) atoms. The number of fused-ring (bicyclic) bond motifs is 12. The van der Waals surface area contributed by atoms with Crippen molar-refractivity contribution in [2.75, 3.05) is 0 Å². The molecule has 7 aromatic carbocycles. The lowest BCUT2D eigenvalue weighted by atomic mass is 9.82. The number of benzene rings is 7. The fourth-order valence-corrected chi connectivity index (χ4v) is 10.7. The molecule has 0 fully saturated rings. The van der Waals surface area contributed by atoms with E-state index in [2.05, 4.69) is 207 Å². The highest BCUT2D eigenvalue weighted by Crippen LogP contribution is 2.53. The Balaban J connectivity index is 1.16. The maximum atomic E-state index is 2.56. The number of allylic oxidation sites excluding steroid dienone is 6. The van der Waals surface area contributed by atoms with E-state index in [1.165, 1.54) is 105 Å². The predicted molar refractivity (Wildman–Crippen MR) is 242 cm³/mol. The van der Waals surface area contributed by atoms with Crippen LogP contribution in [0, 0.1) is 0 Å². The number of aromatic nitrogens is 2. The largest absolute Gasteiger partial charge is 0.313 e. The van der Waals surface area contributed by atoms with Crippen LogP contribution in [0.1, 0.15) is 61.9 Å². The van der Waals surface area contributed by atoms with Crippen molar-refractivity contribution >= 4 is 60.6 Å². The van der Waals surface area contributed by atoms with Crippen LogP contribution in [0.25, 0.3) is 82.8 Å². The van der Waals surface area contributed by atoms with Gasteiger partial charge in [-0.05, 0) is 104 Å². The molecule has 3 aliphatic carbocycles. The summed E-state index contributed by atoms with van der Waals surface area (Å²) >= 11 is 0. The molecule has 0 bridgehead atoms. The molecule has 0 aliphatic heterocycles. The second-order valence-electron chi connectivity index (χ2n) is 17.3. The van der Waals surface area contributed by atoms with E-state index in [9.17, 15) is 0 Å². The summed E-state index contributed by atoms with van der Waals surface area (Å²) in [5.41, 5.74) is 20.6. The minimum absolute atomic E-state index is 0.0689. The van der Waals surface area contributed by atoms with Gasteiger partial charge in [-0.2, -0.15) is 0 Å². The maximum Gasteiger partial charge on any atom is 0.0547 e. The van der Waals surface area contributed by atoms with Crippen LogP contribution < -0.4 is 0 Å². The predicted octanol–water partition coefficient (Wildman–Crippen LogP) is 14.4. The van der Waals surface area contributed by atoms with E-state index in [0.717, 1.165) is 12.1 Å². The van der Waals surface area contributed by atoms with Crippen molar-refractivity contribution in [3.8, 4) is 22.3 Å². The molecule has 0 N–H and O–H groups in total. The molecule has 0 atom stereocenters. The zero-order chi connectivity index (χ0) is 38.2. The number of rotatable bonds is 3. The average molecular weight is 731 g/mol. The molecule has 0 unspecified atom stereocenters. The van der Waals surface area contributed by atoms with Gasteiger partial charge in [0.05, 0.1) is 22.1 Å². The fourth-order valence-electron chi connectivity index (χ4n) is 10.7. The van der Waals surface area contributed by atoms with Gasteiger partial charge in [0.1, 0.15) is 0 Å². The van der Waals surface area contributed by atoms with Gasteiger partial charge in [0.15, 0.2) is 0 Å². The fraction of sp³-hybridized carbons (Fsp3) is 0.127. The van der Waals surface area contributed by atoms with Crippen molar-refractivity contribution in [1.82, 2.24) is 9.13 Å². The molecule has 0 saturated heterocycles. The Morgan fingerprint density at radius 1 is 0.404 bits per heavy atom. The first-order valence-electron chi connectivity index (χ1n) is 20.3. The minimum Gasteiger partial charge on any atom is -0.313 e. The first-order valence-corrected chi connectivity index (χ1v) is 20.3. The summed E-state index contributed by atoms with van der Waals surface area (Å²) in [6, 6.07) is 56.8. The summed E-state index contributed by atoms with van der Waals surface area (Å²) in [7, 11) is 0. The molecular weight excluding hydrogens is 689 g/mol. The molecular formula is C55H42N2. The van der Waals surface area contributed by atoms with Crippen molar-refractivity contribution in [3.63, 3.8) is 0 Å². The van der Waals surface area contributed by atoms with E-state index in [4.69, 9.17) is 0 Å². The van der Waals surface area contributed by atoms with Gasteiger partial charge < -0.3 is 9.13 Å². The molecule has 272 valence electrons. The lowest BCUT2D eigenvalue weighted by molar-refractivity contribution is 0.661. The third kappa shape index (κ3) is 4.41. The van der Waals surface area contributed by atoms with Gasteiger partial charge in [0, 0.05) is 50.2 Å². The van der Waals surface area contributed by atoms with Crippen molar-refractivity contribution in [2.45, 2.75) is 44.9 Å². The summed E-state index contributed by atoms with van der Waals surface area (Å²) in [4.78, 5) is 0. The number of hydrogen-bond acceptors (Lipinski definition) is 0. The lowest BCUT2D eigenvalue weighted by Crippen LogP contribution is -2.14. The molecule has 3 aliphatic rings. The molecule has 0 radical (unpaired) electrons. The molecule has 0 saturated carbocycles. The SMILES string of the molecule is CC1(C)c2ccccc2-c2cc3c(cc21)c1ccccc1n3C1=CC(c2ccccc2)=CCC(n2c3ccccc3c3cc4c(cc32)-c2ccccc2C4(C)C)=C1. The van der Waals surface area contributed by atoms with Gasteiger partial charge in [0.25, 0.3) is 0 Å². The quantitative estimate of drug-likeness (QED) is 0.171. The smallest absolute Gasteiger partial charge is 0.0547 e. The Morgan fingerprint density at radius 3 is 1.49 bits per heavy atom. The summed E-state index contributed by atoms with van der Waals surface area (Å²) in [6.45, 7) is 9.51. The molecule has 2 nitrogen and oxygen atoms in total. The van der Waals surface area contributed by atoms with Gasteiger partial charge in [-0.1, -0.05) is 149 Å². The second kappa shape index (κ2) is 11.5. The van der Waals surface area contributed by atoms with E-state index < -0.39 is 0 Å². The van der Waals surface area contributed by atoms with E-state index in [-0.39, 0.29) is 10.8 Å². The Labute approximate surface area is 333 Å². The van der Waals surface area contributed by atoms with Gasteiger partial charge in [-0.15, -0.1) is 0 Å². The number of para-hydroxylation sites is 2. The standard InChI is InChI=1S/C55H42N2/c1-54(2)46-22-12-8-18-38(46)42-32-52-44(30-48(42)54)40-20-10-14-24-50(40)56(52)36-27-26-35(34-16-6-5-7-17-34)28-37(29-36)57-51-25-15-11-21-41(51)45-31-49-43(33-53(45)57)39-19-9-13-23-47(39)55(49,3)4/h5-26,28-33H,27H2,1-4H3. The van der Waals surface area contributed by atoms with E-state index in [0.29, 0.717) is 0 Å². The van der Waals surface area contributed by atoms with Gasteiger partial charge in [-0.25, -0.2) is 0 Å². The Kier molecular flexibility index (Phi) is 6.55. The first-order chi connectivity index (χ1) is 27.8. The Bertz CT molecular complexity index is 3300. The van der Waals surface area contributed by atoms with E-state index in [1.54, 1.807) is 0 Å². The average Bonchev–Trinajstić information content (AvgIpc) is 3.82. The highest BCUT2D eigenvalue weighted by molar-refractivity contribution is 6.15. The number of hydrogen-bond donors (Lipinski definition) is 0. The van der Waals surface area contributed by atoms with E-state index in [1.807, 2.05) is 0 Å². The second-order valence-corrected chi connectivity index (χ2v) is 17.3. The molecule has 0 spiro atoms. The zero-order valence-corrected chi connectivity index (χ0v) is 32.8. The van der Waals surface area contributed by atoms with Gasteiger partial charge >= 0.3 is 0 Å². The van der Waals surface area contributed by atoms with Crippen molar-refractivity contribution in [3.05, 3.63) is 198 Å². The van der Waals surface area contributed by atoms with Crippen LogP contribution in [-0.2, 0) is 10.8 Å². The summed E-state index contributed by atoms with van der Waals surface area (Å²) < 4.78 is 5.09. The highest BCUT2D eigenvalue weighted by Gasteiger charge is 2.37. The highest BCUT2D eigenvalue weighted by atomic mass is 15.0. The molecule has 2 heterocycles. The van der Waals surface area contributed by atoms with Crippen LogP contribution in [0.3, 0.4) is 0 Å². The third-order valence-electron chi connectivity index (χ3n) is 13.6. The lowest BCUT2D eigenvalue weighted by Gasteiger charge is -2.21.